The Morgan fingerprint density at radius 1 is 1.27 bits per heavy atom. The van der Waals surface area contributed by atoms with Crippen LogP contribution >= 0.6 is 0 Å². The predicted molar refractivity (Wildman–Crippen MR) is 74.7 cm³/mol. The lowest BCUT2D eigenvalue weighted by atomic mass is 10.1. The van der Waals surface area contributed by atoms with Gasteiger partial charge in [-0.05, 0) is 12.1 Å². The molecule has 0 N–H and O–H groups in total. The van der Waals surface area contributed by atoms with Crippen LogP contribution in [0.3, 0.4) is 0 Å². The molecule has 3 aromatic heterocycles. The molecule has 0 aliphatic rings. The second kappa shape index (κ2) is 4.84. The van der Waals surface area contributed by atoms with Gasteiger partial charge in [0.15, 0.2) is 5.65 Å². The second-order valence-electron chi connectivity index (χ2n) is 4.62. The first-order valence-electron chi connectivity index (χ1n) is 6.22. The summed E-state index contributed by atoms with van der Waals surface area (Å²) in [6, 6.07) is 2.64. The Bertz CT molecular complexity index is 903. The van der Waals surface area contributed by atoms with Crippen LogP contribution in [0, 0.1) is 12.3 Å². The SMILES string of the molecule is C#Cc1cnccc1-c1nc2cc(C(F)(F)F)cnc2n1C. The molecule has 0 fully saturated rings. The number of nitrogens with zero attached hydrogens (tertiary/aromatic N) is 4. The fourth-order valence-corrected chi connectivity index (χ4v) is 2.18. The lowest BCUT2D eigenvalue weighted by Crippen LogP contribution is -2.05. The topological polar surface area (TPSA) is 43.6 Å². The van der Waals surface area contributed by atoms with Crippen LogP contribution in [0.4, 0.5) is 13.2 Å². The Morgan fingerprint density at radius 2 is 2.05 bits per heavy atom. The molecule has 0 saturated heterocycles. The Kier molecular flexibility index (Phi) is 3.10. The molecule has 0 saturated carbocycles. The number of pyridine rings is 2. The Balaban J connectivity index is 2.25. The monoisotopic (exact) mass is 302 g/mol. The molecule has 7 heteroatoms. The average Bonchev–Trinajstić information content (AvgIpc) is 2.83. The van der Waals surface area contributed by atoms with E-state index >= 15 is 0 Å². The van der Waals surface area contributed by atoms with E-state index < -0.39 is 11.7 Å². The summed E-state index contributed by atoms with van der Waals surface area (Å²) in [4.78, 5) is 12.0. The number of terminal acetylenes is 1. The van der Waals surface area contributed by atoms with Crippen LogP contribution in [0.25, 0.3) is 22.6 Å². The summed E-state index contributed by atoms with van der Waals surface area (Å²) in [5.74, 6) is 2.93. The largest absolute Gasteiger partial charge is 0.417 e. The maximum Gasteiger partial charge on any atom is 0.417 e. The molecule has 0 aromatic carbocycles. The highest BCUT2D eigenvalue weighted by Gasteiger charge is 2.31. The van der Waals surface area contributed by atoms with Crippen LogP contribution in [0.15, 0.2) is 30.7 Å². The quantitative estimate of drug-likeness (QED) is 0.649. The van der Waals surface area contributed by atoms with Gasteiger partial charge in [-0.3, -0.25) is 4.98 Å². The van der Waals surface area contributed by atoms with Crippen LogP contribution in [0.1, 0.15) is 11.1 Å². The standard InChI is InChI=1S/C15H9F3N4/c1-3-9-7-19-5-4-11(9)13-21-12-6-10(15(16,17)18)8-20-14(12)22(13)2/h1,4-8H,2H3. The Morgan fingerprint density at radius 3 is 2.73 bits per heavy atom. The summed E-state index contributed by atoms with van der Waals surface area (Å²) in [5, 5.41) is 0. The van der Waals surface area contributed by atoms with Gasteiger partial charge in [0.05, 0.1) is 11.1 Å². The van der Waals surface area contributed by atoms with Crippen molar-refractivity contribution >= 4 is 11.2 Å². The summed E-state index contributed by atoms with van der Waals surface area (Å²) in [5.41, 5.74) is 0.801. The molecule has 0 atom stereocenters. The van der Waals surface area contributed by atoms with Crippen LogP contribution in [0.5, 0.6) is 0 Å². The van der Waals surface area contributed by atoms with Gasteiger partial charge in [-0.1, -0.05) is 5.92 Å². The van der Waals surface area contributed by atoms with Crippen molar-refractivity contribution in [2.75, 3.05) is 0 Å². The van der Waals surface area contributed by atoms with Gasteiger partial charge in [0.1, 0.15) is 11.3 Å². The highest BCUT2D eigenvalue weighted by atomic mass is 19.4. The lowest BCUT2D eigenvalue weighted by Gasteiger charge is -2.05. The van der Waals surface area contributed by atoms with Crippen molar-refractivity contribution in [2.24, 2.45) is 7.05 Å². The molecule has 0 amide bonds. The van der Waals surface area contributed by atoms with Crippen molar-refractivity contribution in [3.8, 4) is 23.7 Å². The minimum Gasteiger partial charge on any atom is -0.312 e. The van der Waals surface area contributed by atoms with E-state index in [1.54, 1.807) is 23.9 Å². The summed E-state index contributed by atoms with van der Waals surface area (Å²) in [6.07, 6.45) is 4.81. The smallest absolute Gasteiger partial charge is 0.312 e. The average molecular weight is 302 g/mol. The number of aryl methyl sites for hydroxylation is 1. The van der Waals surface area contributed by atoms with Crippen LogP contribution in [-0.4, -0.2) is 19.5 Å². The maximum atomic E-state index is 12.8. The van der Waals surface area contributed by atoms with E-state index in [0.29, 0.717) is 22.6 Å². The molecular formula is C15H9F3N4. The van der Waals surface area contributed by atoms with Crippen molar-refractivity contribution in [2.45, 2.75) is 6.18 Å². The third-order valence-electron chi connectivity index (χ3n) is 3.25. The summed E-state index contributed by atoms with van der Waals surface area (Å²) in [7, 11) is 1.67. The number of halogens is 3. The molecular weight excluding hydrogens is 293 g/mol. The minimum absolute atomic E-state index is 0.159. The lowest BCUT2D eigenvalue weighted by molar-refractivity contribution is -0.137. The molecule has 3 aromatic rings. The van der Waals surface area contributed by atoms with E-state index in [-0.39, 0.29) is 5.52 Å². The van der Waals surface area contributed by atoms with E-state index in [4.69, 9.17) is 6.42 Å². The van der Waals surface area contributed by atoms with Gasteiger partial charge in [0, 0.05) is 31.2 Å². The van der Waals surface area contributed by atoms with Gasteiger partial charge >= 0.3 is 6.18 Å². The number of fused-ring (bicyclic) bond motifs is 1. The summed E-state index contributed by atoms with van der Waals surface area (Å²) >= 11 is 0. The van der Waals surface area contributed by atoms with Gasteiger partial charge in [0.25, 0.3) is 0 Å². The predicted octanol–water partition coefficient (Wildman–Crippen LogP) is 3.03. The van der Waals surface area contributed by atoms with Crippen LogP contribution < -0.4 is 0 Å². The summed E-state index contributed by atoms with van der Waals surface area (Å²) in [6.45, 7) is 0. The normalized spacial score (nSPS) is 11.6. The van der Waals surface area contributed by atoms with E-state index in [1.165, 1.54) is 6.20 Å². The van der Waals surface area contributed by atoms with Gasteiger partial charge < -0.3 is 4.57 Å². The number of aromatic nitrogens is 4. The van der Waals surface area contributed by atoms with Crippen molar-refractivity contribution in [3.63, 3.8) is 0 Å². The number of alkyl halides is 3. The molecule has 3 heterocycles. The van der Waals surface area contributed by atoms with Gasteiger partial charge in [-0.15, -0.1) is 6.42 Å². The third kappa shape index (κ3) is 2.19. The first kappa shape index (κ1) is 14.1. The molecule has 0 bridgehead atoms. The van der Waals surface area contributed by atoms with E-state index in [2.05, 4.69) is 20.9 Å². The molecule has 0 radical (unpaired) electrons. The molecule has 3 rings (SSSR count). The number of hydrogen-bond donors (Lipinski definition) is 0. The molecule has 22 heavy (non-hydrogen) atoms. The Labute approximate surface area is 123 Å². The minimum atomic E-state index is -4.46. The fourth-order valence-electron chi connectivity index (χ4n) is 2.18. The summed E-state index contributed by atoms with van der Waals surface area (Å²) < 4.78 is 39.9. The van der Waals surface area contributed by atoms with Gasteiger partial charge in [-0.25, -0.2) is 9.97 Å². The number of imidazole rings is 1. The van der Waals surface area contributed by atoms with Crippen molar-refractivity contribution in [1.29, 1.82) is 0 Å². The highest BCUT2D eigenvalue weighted by molar-refractivity contribution is 5.79. The third-order valence-corrected chi connectivity index (χ3v) is 3.25. The van der Waals surface area contributed by atoms with Crippen molar-refractivity contribution in [1.82, 2.24) is 19.5 Å². The second-order valence-corrected chi connectivity index (χ2v) is 4.62. The van der Waals surface area contributed by atoms with Crippen molar-refractivity contribution < 1.29 is 13.2 Å². The highest BCUT2D eigenvalue weighted by Crippen LogP contribution is 2.31. The van der Waals surface area contributed by atoms with E-state index in [9.17, 15) is 13.2 Å². The molecule has 0 aliphatic carbocycles. The van der Waals surface area contributed by atoms with Crippen LogP contribution in [0.2, 0.25) is 0 Å². The Hall–Kier alpha value is -2.88. The zero-order valence-electron chi connectivity index (χ0n) is 11.4. The number of hydrogen-bond acceptors (Lipinski definition) is 3. The van der Waals surface area contributed by atoms with E-state index in [0.717, 1.165) is 12.3 Å². The first-order chi connectivity index (χ1) is 10.4. The molecule has 4 nitrogen and oxygen atoms in total. The van der Waals surface area contributed by atoms with E-state index in [1.807, 2.05) is 0 Å². The molecule has 0 spiro atoms. The first-order valence-corrected chi connectivity index (χ1v) is 6.22. The number of rotatable bonds is 1. The zero-order chi connectivity index (χ0) is 15.9. The van der Waals surface area contributed by atoms with Crippen LogP contribution in [-0.2, 0) is 13.2 Å². The molecule has 110 valence electrons. The maximum absolute atomic E-state index is 12.8. The zero-order valence-corrected chi connectivity index (χ0v) is 11.4. The fraction of sp³-hybridized carbons (Fsp3) is 0.133. The van der Waals surface area contributed by atoms with Crippen molar-refractivity contribution in [3.05, 3.63) is 41.9 Å². The van der Waals surface area contributed by atoms with Gasteiger partial charge in [-0.2, -0.15) is 13.2 Å². The van der Waals surface area contributed by atoms with Gasteiger partial charge in [0.2, 0.25) is 0 Å². The molecule has 0 unspecified atom stereocenters. The molecule has 0 aliphatic heterocycles.